The van der Waals surface area contributed by atoms with Gasteiger partial charge in [0.25, 0.3) is 11.8 Å². The summed E-state index contributed by atoms with van der Waals surface area (Å²) in [7, 11) is 0. The van der Waals surface area contributed by atoms with Gasteiger partial charge in [0, 0.05) is 13.0 Å². The number of nitrogens with zero attached hydrogens (tertiary/aromatic N) is 1. The maximum absolute atomic E-state index is 12.5. The van der Waals surface area contributed by atoms with E-state index in [-0.39, 0.29) is 29.2 Å². The summed E-state index contributed by atoms with van der Waals surface area (Å²) in [6.07, 6.45) is 0.112. The SMILES string of the molecule is CC(C)CCN1C(=O)c2ccc(C(=O)O[C@H]3CCOC3=O)cc2C1=O. The number of hydrogen-bond acceptors (Lipinski definition) is 6. The Morgan fingerprint density at radius 1 is 1.24 bits per heavy atom. The van der Waals surface area contributed by atoms with Crippen LogP contribution in [0.5, 0.6) is 0 Å². The summed E-state index contributed by atoms with van der Waals surface area (Å²) in [4.78, 5) is 49.6. The molecule has 0 bridgehead atoms. The van der Waals surface area contributed by atoms with Crippen LogP contribution in [0.25, 0.3) is 0 Å². The smallest absolute Gasteiger partial charge is 0.347 e. The van der Waals surface area contributed by atoms with Crippen LogP contribution < -0.4 is 0 Å². The Balaban J connectivity index is 1.77. The number of carbonyl (C=O) groups is 4. The molecular weight excluding hydrogens is 326 g/mol. The molecule has 0 saturated carbocycles. The lowest BCUT2D eigenvalue weighted by molar-refractivity contribution is -0.145. The Morgan fingerprint density at radius 3 is 2.60 bits per heavy atom. The molecule has 0 unspecified atom stereocenters. The van der Waals surface area contributed by atoms with E-state index in [0.29, 0.717) is 25.3 Å². The number of imide groups is 1. The van der Waals surface area contributed by atoms with Crippen molar-refractivity contribution in [2.45, 2.75) is 32.8 Å². The highest BCUT2D eigenvalue weighted by molar-refractivity contribution is 6.22. The molecule has 2 aliphatic rings. The minimum atomic E-state index is -0.916. The van der Waals surface area contributed by atoms with Gasteiger partial charge in [-0.15, -0.1) is 0 Å². The molecule has 2 amide bonds. The molecule has 7 heteroatoms. The van der Waals surface area contributed by atoms with Crippen molar-refractivity contribution >= 4 is 23.8 Å². The molecule has 3 rings (SSSR count). The average Bonchev–Trinajstić information content (AvgIpc) is 3.08. The number of fused-ring (bicyclic) bond motifs is 1. The molecule has 1 saturated heterocycles. The van der Waals surface area contributed by atoms with Crippen molar-refractivity contribution in [3.8, 4) is 0 Å². The molecule has 1 fully saturated rings. The Bertz CT molecular complexity index is 754. The van der Waals surface area contributed by atoms with Gasteiger partial charge < -0.3 is 9.47 Å². The van der Waals surface area contributed by atoms with Gasteiger partial charge in [-0.05, 0) is 30.5 Å². The Hall–Kier alpha value is -2.70. The van der Waals surface area contributed by atoms with Crippen LogP contribution in [0.1, 0.15) is 57.8 Å². The number of ether oxygens (including phenoxy) is 2. The van der Waals surface area contributed by atoms with Gasteiger partial charge in [0.1, 0.15) is 0 Å². The number of benzene rings is 1. The predicted molar refractivity (Wildman–Crippen MR) is 86.0 cm³/mol. The quantitative estimate of drug-likeness (QED) is 0.597. The van der Waals surface area contributed by atoms with E-state index < -0.39 is 23.9 Å². The number of amides is 2. The largest absolute Gasteiger partial charge is 0.463 e. The fraction of sp³-hybridized carbons (Fsp3) is 0.444. The zero-order valence-electron chi connectivity index (χ0n) is 14.1. The fourth-order valence-corrected chi connectivity index (χ4v) is 2.79. The molecular formula is C18H19NO6. The Morgan fingerprint density at radius 2 is 1.96 bits per heavy atom. The second-order valence-electron chi connectivity index (χ2n) is 6.55. The van der Waals surface area contributed by atoms with Crippen LogP contribution in [0.15, 0.2) is 18.2 Å². The molecule has 0 radical (unpaired) electrons. The first kappa shape index (κ1) is 17.1. The van der Waals surface area contributed by atoms with E-state index in [9.17, 15) is 19.2 Å². The number of carbonyl (C=O) groups excluding carboxylic acids is 4. The normalized spacial score (nSPS) is 19.4. The number of cyclic esters (lactones) is 1. The lowest BCUT2D eigenvalue weighted by Gasteiger charge is -2.14. The summed E-state index contributed by atoms with van der Waals surface area (Å²) >= 11 is 0. The van der Waals surface area contributed by atoms with Gasteiger partial charge in [-0.3, -0.25) is 14.5 Å². The summed E-state index contributed by atoms with van der Waals surface area (Å²) in [5, 5.41) is 0. The van der Waals surface area contributed by atoms with E-state index in [1.165, 1.54) is 23.1 Å². The second kappa shape index (κ2) is 6.66. The lowest BCUT2D eigenvalue weighted by Crippen LogP contribution is -2.31. The molecule has 2 heterocycles. The topological polar surface area (TPSA) is 90.0 Å². The molecule has 25 heavy (non-hydrogen) atoms. The highest BCUT2D eigenvalue weighted by atomic mass is 16.6. The molecule has 0 N–H and O–H groups in total. The van der Waals surface area contributed by atoms with Crippen LogP contribution in [-0.4, -0.2) is 47.9 Å². The summed E-state index contributed by atoms with van der Waals surface area (Å²) in [5.41, 5.74) is 0.605. The van der Waals surface area contributed by atoms with Crippen LogP contribution in [0.3, 0.4) is 0 Å². The average molecular weight is 345 g/mol. The fourth-order valence-electron chi connectivity index (χ4n) is 2.79. The van der Waals surface area contributed by atoms with E-state index in [1.54, 1.807) is 0 Å². The number of hydrogen-bond donors (Lipinski definition) is 0. The summed E-state index contributed by atoms with van der Waals surface area (Å²) in [6.45, 7) is 4.59. The Kier molecular flexibility index (Phi) is 4.57. The van der Waals surface area contributed by atoms with Crippen molar-refractivity contribution in [2.24, 2.45) is 5.92 Å². The van der Waals surface area contributed by atoms with Gasteiger partial charge in [0.2, 0.25) is 6.10 Å². The minimum absolute atomic E-state index is 0.130. The summed E-state index contributed by atoms with van der Waals surface area (Å²) in [5.74, 6) is -1.68. The molecule has 7 nitrogen and oxygen atoms in total. The van der Waals surface area contributed by atoms with Crippen LogP contribution in [0, 0.1) is 5.92 Å². The van der Waals surface area contributed by atoms with E-state index in [1.807, 2.05) is 13.8 Å². The number of rotatable bonds is 5. The molecule has 0 spiro atoms. The summed E-state index contributed by atoms with van der Waals surface area (Å²) in [6, 6.07) is 4.24. The van der Waals surface area contributed by atoms with Crippen molar-refractivity contribution in [1.29, 1.82) is 0 Å². The van der Waals surface area contributed by atoms with Crippen molar-refractivity contribution in [2.75, 3.05) is 13.2 Å². The zero-order valence-corrected chi connectivity index (χ0v) is 14.1. The molecule has 1 aromatic rings. The third kappa shape index (κ3) is 3.26. The van der Waals surface area contributed by atoms with E-state index in [4.69, 9.17) is 9.47 Å². The van der Waals surface area contributed by atoms with Gasteiger partial charge in [0.05, 0.1) is 23.3 Å². The number of esters is 2. The summed E-state index contributed by atoms with van der Waals surface area (Å²) < 4.78 is 9.86. The van der Waals surface area contributed by atoms with Crippen LogP contribution in [0.4, 0.5) is 0 Å². The van der Waals surface area contributed by atoms with Gasteiger partial charge in [-0.1, -0.05) is 13.8 Å². The Labute approximate surface area is 144 Å². The van der Waals surface area contributed by atoms with Gasteiger partial charge in [-0.2, -0.15) is 0 Å². The van der Waals surface area contributed by atoms with Gasteiger partial charge in [-0.25, -0.2) is 9.59 Å². The van der Waals surface area contributed by atoms with Crippen molar-refractivity contribution in [3.05, 3.63) is 34.9 Å². The highest BCUT2D eigenvalue weighted by Crippen LogP contribution is 2.25. The zero-order chi connectivity index (χ0) is 18.1. The lowest BCUT2D eigenvalue weighted by atomic mass is 10.1. The van der Waals surface area contributed by atoms with Crippen molar-refractivity contribution < 1.29 is 28.7 Å². The van der Waals surface area contributed by atoms with E-state index in [2.05, 4.69) is 0 Å². The van der Waals surface area contributed by atoms with Crippen LogP contribution >= 0.6 is 0 Å². The van der Waals surface area contributed by atoms with Gasteiger partial charge in [0.15, 0.2) is 0 Å². The molecule has 1 aromatic carbocycles. The molecule has 2 aliphatic heterocycles. The first-order valence-corrected chi connectivity index (χ1v) is 8.26. The molecule has 1 atom stereocenters. The first-order chi connectivity index (χ1) is 11.9. The second-order valence-corrected chi connectivity index (χ2v) is 6.55. The predicted octanol–water partition coefficient (Wildman–Crippen LogP) is 1.80. The third-order valence-corrected chi connectivity index (χ3v) is 4.27. The highest BCUT2D eigenvalue weighted by Gasteiger charge is 2.36. The monoisotopic (exact) mass is 345 g/mol. The van der Waals surface area contributed by atoms with Gasteiger partial charge >= 0.3 is 11.9 Å². The maximum Gasteiger partial charge on any atom is 0.347 e. The van der Waals surface area contributed by atoms with Crippen LogP contribution in [-0.2, 0) is 14.3 Å². The van der Waals surface area contributed by atoms with Crippen molar-refractivity contribution in [3.63, 3.8) is 0 Å². The standard InChI is InChI=1S/C18H19NO6/c1-10(2)5-7-19-15(20)12-4-3-11(9-13(12)16(19)21)17(22)25-14-6-8-24-18(14)23/h3-4,9-10,14H,5-8H2,1-2H3/t14-/m0/s1. The molecule has 132 valence electrons. The maximum atomic E-state index is 12.5. The van der Waals surface area contributed by atoms with Crippen LogP contribution in [0.2, 0.25) is 0 Å². The van der Waals surface area contributed by atoms with Crippen molar-refractivity contribution in [1.82, 2.24) is 4.90 Å². The van der Waals surface area contributed by atoms with E-state index >= 15 is 0 Å². The third-order valence-electron chi connectivity index (χ3n) is 4.27. The molecule has 0 aliphatic carbocycles. The first-order valence-electron chi connectivity index (χ1n) is 8.26. The minimum Gasteiger partial charge on any atom is -0.463 e. The molecule has 0 aromatic heterocycles. The van der Waals surface area contributed by atoms with E-state index in [0.717, 1.165) is 0 Å².